The summed E-state index contributed by atoms with van der Waals surface area (Å²) in [6, 6.07) is 25.8. The molecule has 0 radical (unpaired) electrons. The van der Waals surface area contributed by atoms with Crippen LogP contribution in [0.1, 0.15) is 10.4 Å². The highest BCUT2D eigenvalue weighted by Gasteiger charge is 2.18. The van der Waals surface area contributed by atoms with Crippen LogP contribution in [0.3, 0.4) is 0 Å². The number of aromatic nitrogens is 1. The topological polar surface area (TPSA) is 86.9 Å². The lowest BCUT2D eigenvalue weighted by atomic mass is 10.0. The first-order chi connectivity index (χ1) is 15.2. The number of para-hydroxylation sites is 1. The number of anilines is 1. The molecule has 1 heterocycles. The molecule has 0 atom stereocenters. The normalized spacial score (nSPS) is 11.4. The van der Waals surface area contributed by atoms with Gasteiger partial charge in [0, 0.05) is 16.5 Å². The van der Waals surface area contributed by atoms with E-state index >= 15 is 0 Å². The standard InChI is InChI=1S/C24H16N4O2S/c29-22-19(23(30)25-16-9-2-1-3-10-16)14-15-8-4-5-11-17(15)21(22)26-27-24-18-12-6-7-13-20(18)28-31-24/h1-14,29H,(H,25,30)/b27-26+. The Kier molecular flexibility index (Phi) is 4.86. The van der Waals surface area contributed by atoms with Gasteiger partial charge in [-0.3, -0.25) is 4.79 Å². The molecule has 7 heteroatoms. The fourth-order valence-electron chi connectivity index (χ4n) is 3.35. The van der Waals surface area contributed by atoms with E-state index in [2.05, 4.69) is 19.9 Å². The van der Waals surface area contributed by atoms with E-state index in [1.54, 1.807) is 18.2 Å². The highest BCUT2D eigenvalue weighted by molar-refractivity contribution is 7.11. The maximum atomic E-state index is 12.9. The molecule has 2 N–H and O–H groups in total. The quantitative estimate of drug-likeness (QED) is 0.310. The van der Waals surface area contributed by atoms with E-state index in [1.165, 1.54) is 11.5 Å². The number of azo groups is 1. The van der Waals surface area contributed by atoms with E-state index in [0.29, 0.717) is 16.1 Å². The van der Waals surface area contributed by atoms with Gasteiger partial charge in [-0.05, 0) is 47.3 Å². The Bertz CT molecular complexity index is 1440. The predicted molar refractivity (Wildman–Crippen MR) is 124 cm³/mol. The average Bonchev–Trinajstić information content (AvgIpc) is 3.22. The van der Waals surface area contributed by atoms with Crippen LogP contribution in [-0.4, -0.2) is 15.4 Å². The second kappa shape index (κ2) is 7.97. The molecule has 0 spiro atoms. The summed E-state index contributed by atoms with van der Waals surface area (Å²) in [5.41, 5.74) is 1.85. The van der Waals surface area contributed by atoms with Crippen molar-refractivity contribution in [2.75, 3.05) is 5.32 Å². The van der Waals surface area contributed by atoms with Gasteiger partial charge < -0.3 is 10.4 Å². The van der Waals surface area contributed by atoms with Crippen molar-refractivity contribution < 1.29 is 9.90 Å². The summed E-state index contributed by atoms with van der Waals surface area (Å²) < 4.78 is 4.37. The van der Waals surface area contributed by atoms with Crippen molar-refractivity contribution in [2.24, 2.45) is 10.2 Å². The third-order valence-corrected chi connectivity index (χ3v) is 5.64. The summed E-state index contributed by atoms with van der Waals surface area (Å²) in [6.07, 6.45) is 0. The highest BCUT2D eigenvalue weighted by Crippen LogP contribution is 2.40. The van der Waals surface area contributed by atoms with Gasteiger partial charge in [0.05, 0.1) is 11.1 Å². The van der Waals surface area contributed by atoms with Crippen molar-refractivity contribution in [1.29, 1.82) is 0 Å². The molecule has 1 aromatic heterocycles. The lowest BCUT2D eigenvalue weighted by molar-refractivity contribution is 0.102. The molecule has 0 aliphatic rings. The van der Waals surface area contributed by atoms with Crippen LogP contribution in [-0.2, 0) is 0 Å². The molecule has 150 valence electrons. The van der Waals surface area contributed by atoms with E-state index in [9.17, 15) is 9.90 Å². The first kappa shape index (κ1) is 18.9. The highest BCUT2D eigenvalue weighted by atomic mass is 32.1. The molecular weight excluding hydrogens is 408 g/mol. The fraction of sp³-hybridized carbons (Fsp3) is 0. The number of carbonyl (C=O) groups excluding carboxylic acids is 1. The summed E-state index contributed by atoms with van der Waals surface area (Å²) in [6.45, 7) is 0. The van der Waals surface area contributed by atoms with Crippen molar-refractivity contribution in [3.05, 3.63) is 90.5 Å². The molecule has 0 aliphatic heterocycles. The summed E-state index contributed by atoms with van der Waals surface area (Å²) in [5, 5.41) is 25.5. The number of rotatable bonds is 4. The van der Waals surface area contributed by atoms with Crippen LogP contribution < -0.4 is 5.32 Å². The molecule has 0 saturated heterocycles. The van der Waals surface area contributed by atoms with Crippen LogP contribution in [0, 0.1) is 0 Å². The van der Waals surface area contributed by atoms with Gasteiger partial charge >= 0.3 is 0 Å². The van der Waals surface area contributed by atoms with Gasteiger partial charge in [0.2, 0.25) is 0 Å². The minimum Gasteiger partial charge on any atom is -0.505 e. The largest absolute Gasteiger partial charge is 0.505 e. The van der Waals surface area contributed by atoms with Crippen LogP contribution in [0.2, 0.25) is 0 Å². The van der Waals surface area contributed by atoms with Gasteiger partial charge in [-0.1, -0.05) is 54.6 Å². The molecule has 0 unspecified atom stereocenters. The Labute approximate surface area is 181 Å². The van der Waals surface area contributed by atoms with E-state index in [1.807, 2.05) is 66.7 Å². The number of hydrogen-bond donors (Lipinski definition) is 2. The molecular formula is C24H16N4O2S. The number of nitrogens with zero attached hydrogens (tertiary/aromatic N) is 3. The number of benzene rings is 4. The van der Waals surface area contributed by atoms with E-state index < -0.39 is 5.91 Å². The van der Waals surface area contributed by atoms with Gasteiger partial charge in [0.1, 0.15) is 5.69 Å². The van der Waals surface area contributed by atoms with Crippen LogP contribution >= 0.6 is 11.5 Å². The zero-order valence-electron chi connectivity index (χ0n) is 16.2. The number of phenolic OH excluding ortho intramolecular Hbond substituents is 1. The van der Waals surface area contributed by atoms with E-state index in [-0.39, 0.29) is 17.0 Å². The zero-order valence-corrected chi connectivity index (χ0v) is 17.0. The zero-order chi connectivity index (χ0) is 21.2. The summed E-state index contributed by atoms with van der Waals surface area (Å²) >= 11 is 1.23. The second-order valence-electron chi connectivity index (χ2n) is 6.87. The molecule has 5 rings (SSSR count). The number of phenols is 1. The third-order valence-electron chi connectivity index (χ3n) is 4.88. The smallest absolute Gasteiger partial charge is 0.259 e. The summed E-state index contributed by atoms with van der Waals surface area (Å²) in [4.78, 5) is 12.9. The SMILES string of the molecule is O=C(Nc1ccccc1)c1cc2ccccc2c(/N=N/c2snc3ccccc23)c1O. The molecule has 4 aromatic carbocycles. The molecule has 0 aliphatic carbocycles. The Morgan fingerprint density at radius 3 is 2.42 bits per heavy atom. The number of fused-ring (bicyclic) bond motifs is 2. The molecule has 6 nitrogen and oxygen atoms in total. The number of carbonyl (C=O) groups is 1. The molecule has 0 fully saturated rings. The van der Waals surface area contributed by atoms with Crippen molar-refractivity contribution >= 4 is 55.5 Å². The maximum Gasteiger partial charge on any atom is 0.259 e. The van der Waals surface area contributed by atoms with Gasteiger partial charge in [-0.15, -0.1) is 10.2 Å². The van der Waals surface area contributed by atoms with Crippen LogP contribution in [0.4, 0.5) is 16.4 Å². The summed E-state index contributed by atoms with van der Waals surface area (Å²) in [7, 11) is 0. The lowest BCUT2D eigenvalue weighted by Gasteiger charge is -2.11. The second-order valence-corrected chi connectivity index (χ2v) is 7.62. The predicted octanol–water partition coefficient (Wildman–Crippen LogP) is 6.82. The number of aromatic hydroxyl groups is 1. The number of nitrogens with one attached hydrogen (secondary N) is 1. The van der Waals surface area contributed by atoms with Crippen molar-refractivity contribution in [2.45, 2.75) is 0 Å². The first-order valence-corrected chi connectivity index (χ1v) is 10.4. The van der Waals surface area contributed by atoms with Crippen molar-refractivity contribution in [1.82, 2.24) is 4.37 Å². The number of amides is 1. The van der Waals surface area contributed by atoms with Gasteiger partial charge in [-0.25, -0.2) is 0 Å². The Hall–Kier alpha value is -4.10. The third kappa shape index (κ3) is 3.62. The Morgan fingerprint density at radius 1 is 0.871 bits per heavy atom. The van der Waals surface area contributed by atoms with Gasteiger partial charge in [0.25, 0.3) is 5.91 Å². The lowest BCUT2D eigenvalue weighted by Crippen LogP contribution is -2.12. The minimum absolute atomic E-state index is 0.130. The molecule has 0 bridgehead atoms. The molecule has 31 heavy (non-hydrogen) atoms. The van der Waals surface area contributed by atoms with E-state index in [4.69, 9.17) is 0 Å². The Morgan fingerprint density at radius 2 is 1.58 bits per heavy atom. The van der Waals surface area contributed by atoms with Gasteiger partial charge in [-0.2, -0.15) is 4.37 Å². The van der Waals surface area contributed by atoms with Crippen molar-refractivity contribution in [3.63, 3.8) is 0 Å². The summed E-state index contributed by atoms with van der Waals surface area (Å²) in [5.74, 6) is -0.640. The van der Waals surface area contributed by atoms with Crippen LogP contribution in [0.15, 0.2) is 95.2 Å². The Balaban J connectivity index is 1.60. The number of hydrogen-bond acceptors (Lipinski definition) is 6. The van der Waals surface area contributed by atoms with Gasteiger partial charge in [0.15, 0.2) is 10.8 Å². The molecule has 5 aromatic rings. The maximum absolute atomic E-state index is 12.9. The van der Waals surface area contributed by atoms with E-state index in [0.717, 1.165) is 16.3 Å². The fourth-order valence-corrected chi connectivity index (χ4v) is 4.05. The van der Waals surface area contributed by atoms with Crippen molar-refractivity contribution in [3.8, 4) is 5.75 Å². The van der Waals surface area contributed by atoms with Crippen LogP contribution in [0.5, 0.6) is 5.75 Å². The molecule has 0 saturated carbocycles. The molecule has 1 amide bonds. The monoisotopic (exact) mass is 424 g/mol. The average molecular weight is 424 g/mol. The van der Waals surface area contributed by atoms with Crippen LogP contribution in [0.25, 0.3) is 21.7 Å². The minimum atomic E-state index is -0.422. The first-order valence-electron chi connectivity index (χ1n) is 9.58.